The molecule has 2 N–H and O–H groups in total. The molecule has 4 nitrogen and oxygen atoms in total. The summed E-state index contributed by atoms with van der Waals surface area (Å²) < 4.78 is 5.25. The number of nitrogens with two attached hydrogens (primary N) is 1. The van der Waals surface area contributed by atoms with E-state index in [9.17, 15) is 4.79 Å². The normalized spacial score (nSPS) is 22.7. The van der Waals surface area contributed by atoms with Gasteiger partial charge in [-0.2, -0.15) is 0 Å². The van der Waals surface area contributed by atoms with Gasteiger partial charge in [0.15, 0.2) is 0 Å². The molecular weight excluding hydrogens is 252 g/mol. The minimum atomic E-state index is 0. The molecule has 0 aliphatic carbocycles. The number of carbonyl (C=O) groups is 1. The maximum Gasteiger partial charge on any atom is 0.222 e. The molecule has 0 aromatic carbocycles. The van der Waals surface area contributed by atoms with Crippen molar-refractivity contribution >= 4 is 18.3 Å². The topological polar surface area (TPSA) is 55.6 Å². The fraction of sp³-hybridized carbons (Fsp3) is 0.769. The van der Waals surface area contributed by atoms with Gasteiger partial charge in [-0.3, -0.25) is 4.79 Å². The number of rotatable bonds is 7. The van der Waals surface area contributed by atoms with E-state index in [1.165, 1.54) is 0 Å². The van der Waals surface area contributed by atoms with Crippen molar-refractivity contribution in [2.75, 3.05) is 32.8 Å². The van der Waals surface area contributed by atoms with Crippen molar-refractivity contribution < 1.29 is 9.53 Å². The van der Waals surface area contributed by atoms with Gasteiger partial charge in [-0.1, -0.05) is 13.0 Å². The van der Waals surface area contributed by atoms with Gasteiger partial charge < -0.3 is 15.4 Å². The van der Waals surface area contributed by atoms with Crippen LogP contribution in [0.5, 0.6) is 0 Å². The number of halogens is 1. The molecule has 0 radical (unpaired) electrons. The molecule has 1 saturated heterocycles. The van der Waals surface area contributed by atoms with Gasteiger partial charge >= 0.3 is 0 Å². The molecule has 5 heteroatoms. The Morgan fingerprint density at radius 2 is 2.33 bits per heavy atom. The third-order valence-corrected chi connectivity index (χ3v) is 3.32. The van der Waals surface area contributed by atoms with E-state index in [1.54, 1.807) is 6.08 Å². The van der Waals surface area contributed by atoms with Crippen molar-refractivity contribution in [3.8, 4) is 0 Å². The third kappa shape index (κ3) is 5.38. The Bertz CT molecular complexity index is 274. The zero-order chi connectivity index (χ0) is 12.7. The average molecular weight is 277 g/mol. The van der Waals surface area contributed by atoms with Crippen molar-refractivity contribution in [3.05, 3.63) is 12.7 Å². The van der Waals surface area contributed by atoms with Crippen LogP contribution >= 0.6 is 12.4 Å². The summed E-state index contributed by atoms with van der Waals surface area (Å²) in [7, 11) is 0. The van der Waals surface area contributed by atoms with Gasteiger partial charge in [0, 0.05) is 26.1 Å². The van der Waals surface area contributed by atoms with E-state index < -0.39 is 0 Å². The lowest BCUT2D eigenvalue weighted by Gasteiger charge is -2.22. The van der Waals surface area contributed by atoms with Crippen LogP contribution in [0.1, 0.15) is 26.2 Å². The van der Waals surface area contributed by atoms with Crippen LogP contribution in [0.3, 0.4) is 0 Å². The summed E-state index contributed by atoms with van der Waals surface area (Å²) in [4.78, 5) is 13.8. The highest BCUT2D eigenvalue weighted by Gasteiger charge is 2.34. The second-order valence-electron chi connectivity index (χ2n) is 5.05. The molecule has 18 heavy (non-hydrogen) atoms. The van der Waals surface area contributed by atoms with Gasteiger partial charge in [-0.25, -0.2) is 0 Å². The SMILES string of the molecule is C=CCOCCCC(=O)N1CCC(C)(CN)C1.Cl. The minimum absolute atomic E-state index is 0. The molecule has 0 aromatic rings. The Morgan fingerprint density at radius 1 is 1.61 bits per heavy atom. The van der Waals surface area contributed by atoms with Crippen LogP contribution in [-0.4, -0.2) is 43.7 Å². The predicted octanol–water partition coefficient (Wildman–Crippen LogP) is 1.59. The first-order valence-electron chi connectivity index (χ1n) is 6.28. The molecule has 1 atom stereocenters. The molecule has 1 amide bonds. The molecule has 106 valence electrons. The Kier molecular flexibility index (Phi) is 8.24. The fourth-order valence-electron chi connectivity index (χ4n) is 2.05. The van der Waals surface area contributed by atoms with Crippen LogP contribution < -0.4 is 5.73 Å². The summed E-state index contributed by atoms with van der Waals surface area (Å²) in [5.74, 6) is 0.226. The Labute approximate surface area is 116 Å². The molecule has 0 aromatic heterocycles. The number of ether oxygens (including phenoxy) is 1. The zero-order valence-electron chi connectivity index (χ0n) is 11.2. The van der Waals surface area contributed by atoms with Crippen LogP contribution in [0.25, 0.3) is 0 Å². The van der Waals surface area contributed by atoms with Crippen LogP contribution in [0.15, 0.2) is 12.7 Å². The van der Waals surface area contributed by atoms with E-state index in [1.807, 2.05) is 4.90 Å². The lowest BCUT2D eigenvalue weighted by Crippen LogP contribution is -2.34. The monoisotopic (exact) mass is 276 g/mol. The Hall–Kier alpha value is -0.580. The van der Waals surface area contributed by atoms with Crippen LogP contribution in [0.2, 0.25) is 0 Å². The fourth-order valence-corrected chi connectivity index (χ4v) is 2.05. The van der Waals surface area contributed by atoms with E-state index in [2.05, 4.69) is 13.5 Å². The highest BCUT2D eigenvalue weighted by atomic mass is 35.5. The average Bonchev–Trinajstić information content (AvgIpc) is 2.72. The largest absolute Gasteiger partial charge is 0.377 e. The molecule has 1 aliphatic rings. The quantitative estimate of drug-likeness (QED) is 0.567. The summed E-state index contributed by atoms with van der Waals surface area (Å²) in [6.45, 7) is 9.20. The first kappa shape index (κ1) is 17.4. The molecule has 1 unspecified atom stereocenters. The first-order chi connectivity index (χ1) is 8.11. The van der Waals surface area contributed by atoms with E-state index in [0.717, 1.165) is 25.9 Å². The first-order valence-corrected chi connectivity index (χ1v) is 6.28. The molecule has 1 rings (SSSR count). The molecule has 1 aliphatic heterocycles. The van der Waals surface area contributed by atoms with E-state index in [-0.39, 0.29) is 23.7 Å². The maximum atomic E-state index is 11.9. The summed E-state index contributed by atoms with van der Waals surface area (Å²) >= 11 is 0. The van der Waals surface area contributed by atoms with E-state index in [0.29, 0.717) is 26.2 Å². The smallest absolute Gasteiger partial charge is 0.222 e. The van der Waals surface area contributed by atoms with Crippen LogP contribution in [-0.2, 0) is 9.53 Å². The van der Waals surface area contributed by atoms with Gasteiger partial charge in [0.05, 0.1) is 6.61 Å². The highest BCUT2D eigenvalue weighted by molar-refractivity contribution is 5.85. The number of hydrogen-bond acceptors (Lipinski definition) is 3. The second kappa shape index (κ2) is 8.51. The highest BCUT2D eigenvalue weighted by Crippen LogP contribution is 2.28. The molecule has 1 heterocycles. The number of amides is 1. The van der Waals surface area contributed by atoms with Crippen molar-refractivity contribution in [3.63, 3.8) is 0 Å². The lowest BCUT2D eigenvalue weighted by atomic mass is 9.90. The van der Waals surface area contributed by atoms with E-state index >= 15 is 0 Å². The standard InChI is InChI=1S/C13H24N2O2.ClH/c1-3-8-17-9-4-5-12(16)15-7-6-13(2,10-14)11-15;/h3H,1,4-11,14H2,2H3;1H. The van der Waals surface area contributed by atoms with Crippen molar-refractivity contribution in [1.29, 1.82) is 0 Å². The summed E-state index contributed by atoms with van der Waals surface area (Å²) in [5, 5.41) is 0. The predicted molar refractivity (Wildman–Crippen MR) is 75.9 cm³/mol. The minimum Gasteiger partial charge on any atom is -0.377 e. The molecule has 1 fully saturated rings. The van der Waals surface area contributed by atoms with Gasteiger partial charge in [0.2, 0.25) is 5.91 Å². The number of nitrogens with zero attached hydrogens (tertiary/aromatic N) is 1. The lowest BCUT2D eigenvalue weighted by molar-refractivity contribution is -0.130. The van der Waals surface area contributed by atoms with Crippen LogP contribution in [0.4, 0.5) is 0 Å². The summed E-state index contributed by atoms with van der Waals surface area (Å²) in [6.07, 6.45) is 4.08. The van der Waals surface area contributed by atoms with Gasteiger partial charge in [0.1, 0.15) is 0 Å². The third-order valence-electron chi connectivity index (χ3n) is 3.32. The summed E-state index contributed by atoms with van der Waals surface area (Å²) in [5.41, 5.74) is 5.84. The molecular formula is C13H25ClN2O2. The summed E-state index contributed by atoms with van der Waals surface area (Å²) in [6, 6.07) is 0. The van der Waals surface area contributed by atoms with Gasteiger partial charge in [-0.15, -0.1) is 19.0 Å². The maximum absolute atomic E-state index is 11.9. The zero-order valence-corrected chi connectivity index (χ0v) is 12.0. The molecule has 0 bridgehead atoms. The van der Waals surface area contributed by atoms with Crippen molar-refractivity contribution in [2.24, 2.45) is 11.1 Å². The Balaban J connectivity index is 0.00000289. The van der Waals surface area contributed by atoms with Crippen molar-refractivity contribution in [2.45, 2.75) is 26.2 Å². The number of carbonyl (C=O) groups excluding carboxylic acids is 1. The van der Waals surface area contributed by atoms with Gasteiger partial charge in [0.25, 0.3) is 0 Å². The Morgan fingerprint density at radius 3 is 2.89 bits per heavy atom. The van der Waals surface area contributed by atoms with E-state index in [4.69, 9.17) is 10.5 Å². The molecule has 0 saturated carbocycles. The van der Waals surface area contributed by atoms with Crippen LogP contribution in [0, 0.1) is 5.41 Å². The number of hydrogen-bond donors (Lipinski definition) is 1. The second-order valence-corrected chi connectivity index (χ2v) is 5.05. The number of likely N-dealkylation sites (tertiary alicyclic amines) is 1. The van der Waals surface area contributed by atoms with Crippen molar-refractivity contribution in [1.82, 2.24) is 4.90 Å². The van der Waals surface area contributed by atoms with Gasteiger partial charge in [-0.05, 0) is 24.8 Å². The molecule has 0 spiro atoms.